The van der Waals surface area contributed by atoms with Gasteiger partial charge in [-0.25, -0.2) is 9.97 Å². The zero-order valence-corrected chi connectivity index (χ0v) is 30.4. The fourth-order valence-corrected chi connectivity index (χ4v) is 7.85. The highest BCUT2D eigenvalue weighted by molar-refractivity contribution is 6.35. The van der Waals surface area contributed by atoms with Gasteiger partial charge < -0.3 is 24.5 Å². The van der Waals surface area contributed by atoms with E-state index in [9.17, 15) is 9.59 Å². The van der Waals surface area contributed by atoms with Crippen LogP contribution in [0.15, 0.2) is 55.0 Å². The number of aryl methyl sites for hydroxylation is 6. The van der Waals surface area contributed by atoms with Crippen LogP contribution in [-0.2, 0) is 13.5 Å². The molecular weight excluding hydrogens is 671 g/mol. The number of nitrogens with zero attached hydrogens (tertiary/aromatic N) is 5. The predicted molar refractivity (Wildman–Crippen MR) is 200 cm³/mol. The fraction of sp³-hybridized carbons (Fsp3) is 0.282. The number of primary amides is 1. The first-order chi connectivity index (χ1) is 23.9. The van der Waals surface area contributed by atoms with Crippen LogP contribution in [0.25, 0.3) is 32.9 Å². The first-order valence-corrected chi connectivity index (χ1v) is 17.4. The van der Waals surface area contributed by atoms with Crippen molar-refractivity contribution in [2.75, 3.05) is 18.1 Å². The number of nitrogens with two attached hydrogens (primary N) is 1. The smallest absolute Gasteiger partial charge is 0.275 e. The second-order valence-electron chi connectivity index (χ2n) is 13.2. The molecule has 0 saturated carbocycles. The molecule has 2 amide bonds. The molecule has 1 atom stereocenters. The Morgan fingerprint density at radius 1 is 0.980 bits per heavy atom. The highest BCUT2D eigenvalue weighted by Gasteiger charge is 2.37. The predicted octanol–water partition coefficient (Wildman–Crippen LogP) is 8.46. The standard InChI is InChI=1S/C39H38Cl2N6O3/c1-20-14-26(15-21(2)35(20)41)50-13-7-8-27-28-10-11-30(40)34(33-23(4)43-19-44-24(33)5)36(28)47-22(3)17-46(39(49)37(27)47)32-18-45(6)31-12-9-25(38(42)48)16-29(31)32/h9-12,14-16,18-19,22H,7-8,13,17H2,1-6H3,(H2,42,48)/t22-/m1/s1. The first-order valence-electron chi connectivity index (χ1n) is 16.6. The highest BCUT2D eigenvalue weighted by Crippen LogP contribution is 2.45. The number of hydrogen-bond donors (Lipinski definition) is 1. The largest absolute Gasteiger partial charge is 0.494 e. The first kappa shape index (κ1) is 33.6. The molecule has 4 heterocycles. The number of hydrogen-bond acceptors (Lipinski definition) is 5. The van der Waals surface area contributed by atoms with Crippen molar-refractivity contribution in [1.29, 1.82) is 0 Å². The summed E-state index contributed by atoms with van der Waals surface area (Å²) in [4.78, 5) is 38.0. The fourth-order valence-electron chi connectivity index (χ4n) is 7.50. The maximum absolute atomic E-state index is 15.0. The van der Waals surface area contributed by atoms with E-state index in [2.05, 4.69) is 21.5 Å². The minimum atomic E-state index is -0.520. The average molecular weight is 710 g/mol. The molecule has 7 rings (SSSR count). The van der Waals surface area contributed by atoms with Crippen LogP contribution in [0.4, 0.5) is 5.69 Å². The topological polar surface area (TPSA) is 108 Å². The normalized spacial score (nSPS) is 14.5. The third-order valence-electron chi connectivity index (χ3n) is 9.83. The summed E-state index contributed by atoms with van der Waals surface area (Å²) in [6.45, 7) is 10.8. The highest BCUT2D eigenvalue weighted by atomic mass is 35.5. The summed E-state index contributed by atoms with van der Waals surface area (Å²) in [5, 5.41) is 3.05. The maximum Gasteiger partial charge on any atom is 0.275 e. The summed E-state index contributed by atoms with van der Waals surface area (Å²) < 4.78 is 10.3. The van der Waals surface area contributed by atoms with Crippen LogP contribution in [0.3, 0.4) is 0 Å². The molecule has 6 aromatic rings. The Hall–Kier alpha value is -4.86. The molecule has 0 saturated heterocycles. The molecule has 11 heteroatoms. The van der Waals surface area contributed by atoms with E-state index in [1.54, 1.807) is 18.5 Å². The van der Waals surface area contributed by atoms with E-state index in [4.69, 9.17) is 33.7 Å². The van der Waals surface area contributed by atoms with Gasteiger partial charge in [-0.3, -0.25) is 9.59 Å². The van der Waals surface area contributed by atoms with Crippen molar-refractivity contribution < 1.29 is 14.3 Å². The van der Waals surface area contributed by atoms with Gasteiger partial charge in [0.05, 0.1) is 22.8 Å². The average Bonchev–Trinajstić information content (AvgIpc) is 3.59. The number of amides is 2. The van der Waals surface area contributed by atoms with E-state index in [1.807, 2.05) is 80.7 Å². The number of anilines is 1. The molecule has 0 aliphatic carbocycles. The van der Waals surface area contributed by atoms with Gasteiger partial charge in [-0.05, 0) is 101 Å². The van der Waals surface area contributed by atoms with Crippen molar-refractivity contribution in [2.45, 2.75) is 53.5 Å². The number of aromatic nitrogens is 4. The van der Waals surface area contributed by atoms with E-state index in [-0.39, 0.29) is 11.9 Å². The molecule has 3 aromatic heterocycles. The lowest BCUT2D eigenvalue weighted by Gasteiger charge is -2.34. The summed E-state index contributed by atoms with van der Waals surface area (Å²) in [7, 11) is 1.93. The molecule has 0 radical (unpaired) electrons. The Morgan fingerprint density at radius 2 is 1.68 bits per heavy atom. The van der Waals surface area contributed by atoms with Gasteiger partial charge in [0.2, 0.25) is 5.91 Å². The summed E-state index contributed by atoms with van der Waals surface area (Å²) >= 11 is 13.4. The monoisotopic (exact) mass is 708 g/mol. The van der Waals surface area contributed by atoms with Crippen molar-refractivity contribution in [3.05, 3.63) is 104 Å². The third kappa shape index (κ3) is 5.49. The molecule has 0 spiro atoms. The molecule has 9 nitrogen and oxygen atoms in total. The molecule has 0 bridgehead atoms. The van der Waals surface area contributed by atoms with E-state index < -0.39 is 5.91 Å². The zero-order valence-electron chi connectivity index (χ0n) is 28.9. The Bertz CT molecular complexity index is 2330. The Labute approximate surface area is 300 Å². The summed E-state index contributed by atoms with van der Waals surface area (Å²) in [5.74, 6) is 0.115. The maximum atomic E-state index is 15.0. The Morgan fingerprint density at radius 3 is 2.36 bits per heavy atom. The van der Waals surface area contributed by atoms with Crippen LogP contribution in [-0.4, -0.2) is 44.1 Å². The number of carbonyl (C=O) groups excluding carboxylic acids is 2. The summed E-state index contributed by atoms with van der Waals surface area (Å²) in [6, 6.07) is 13.0. The van der Waals surface area contributed by atoms with Crippen LogP contribution < -0.4 is 15.4 Å². The Kier molecular flexibility index (Phi) is 8.60. The molecule has 0 unspecified atom stereocenters. The number of carbonyl (C=O) groups is 2. The van der Waals surface area contributed by atoms with Crippen LogP contribution in [0, 0.1) is 27.7 Å². The van der Waals surface area contributed by atoms with Gasteiger partial charge >= 0.3 is 0 Å². The van der Waals surface area contributed by atoms with E-state index in [0.717, 1.165) is 77.5 Å². The second kappa shape index (κ2) is 12.8. The van der Waals surface area contributed by atoms with Crippen molar-refractivity contribution >= 4 is 62.5 Å². The van der Waals surface area contributed by atoms with Crippen LogP contribution in [0.2, 0.25) is 10.0 Å². The van der Waals surface area contributed by atoms with Crippen molar-refractivity contribution in [3.63, 3.8) is 0 Å². The number of benzene rings is 3. The lowest BCUT2D eigenvalue weighted by atomic mass is 9.97. The van der Waals surface area contributed by atoms with Gasteiger partial charge in [-0.2, -0.15) is 0 Å². The van der Waals surface area contributed by atoms with Gasteiger partial charge in [-0.15, -0.1) is 0 Å². The minimum Gasteiger partial charge on any atom is -0.494 e. The summed E-state index contributed by atoms with van der Waals surface area (Å²) in [5.41, 5.74) is 15.3. The number of fused-ring (bicyclic) bond motifs is 4. The van der Waals surface area contributed by atoms with Crippen molar-refractivity contribution in [1.82, 2.24) is 19.1 Å². The van der Waals surface area contributed by atoms with E-state index in [0.29, 0.717) is 42.3 Å². The molecule has 256 valence electrons. The number of halogens is 2. The molecule has 0 fully saturated rings. The second-order valence-corrected chi connectivity index (χ2v) is 14.0. The van der Waals surface area contributed by atoms with Crippen molar-refractivity contribution in [3.8, 4) is 16.9 Å². The van der Waals surface area contributed by atoms with Gasteiger partial charge in [0, 0.05) is 75.2 Å². The molecule has 3 aromatic carbocycles. The van der Waals surface area contributed by atoms with Crippen LogP contribution in [0.5, 0.6) is 5.75 Å². The molecule has 1 aliphatic heterocycles. The lowest BCUT2D eigenvalue weighted by molar-refractivity contribution is 0.0956. The lowest BCUT2D eigenvalue weighted by Crippen LogP contribution is -2.42. The number of rotatable bonds is 8. The van der Waals surface area contributed by atoms with Gasteiger partial charge in [0.25, 0.3) is 5.91 Å². The third-order valence-corrected chi connectivity index (χ3v) is 10.7. The zero-order chi connectivity index (χ0) is 35.6. The van der Waals surface area contributed by atoms with Gasteiger partial charge in [0.15, 0.2) is 0 Å². The van der Waals surface area contributed by atoms with Crippen molar-refractivity contribution in [2.24, 2.45) is 12.8 Å². The van der Waals surface area contributed by atoms with E-state index >= 15 is 0 Å². The number of ether oxygens (including phenoxy) is 1. The van der Waals surface area contributed by atoms with Gasteiger partial charge in [-0.1, -0.05) is 29.3 Å². The van der Waals surface area contributed by atoms with Crippen LogP contribution >= 0.6 is 23.2 Å². The quantitative estimate of drug-likeness (QED) is 0.160. The minimum absolute atomic E-state index is 0.129. The molecular formula is C39H38Cl2N6O3. The molecule has 50 heavy (non-hydrogen) atoms. The van der Waals surface area contributed by atoms with E-state index in [1.165, 1.54) is 0 Å². The molecule has 2 N–H and O–H groups in total. The molecule has 1 aliphatic rings. The van der Waals surface area contributed by atoms with Crippen LogP contribution in [0.1, 0.15) is 68.3 Å². The van der Waals surface area contributed by atoms with Gasteiger partial charge in [0.1, 0.15) is 17.8 Å². The summed E-state index contributed by atoms with van der Waals surface area (Å²) in [6.07, 6.45) is 4.75. The Balaban J connectivity index is 1.38. The SMILES string of the molecule is Cc1cc(OCCCc2c3n(c4c(-c5c(C)ncnc5C)c(Cl)ccc24)[C@H](C)CN(c2cn(C)c4ccc(C(N)=O)cc24)C3=O)cc(C)c1Cl.